The first-order valence-electron chi connectivity index (χ1n) is 9.36. The average molecular weight is 422 g/mol. The van der Waals surface area contributed by atoms with Crippen molar-refractivity contribution in [3.8, 4) is 5.75 Å². The maximum absolute atomic E-state index is 12.8. The first-order valence-corrected chi connectivity index (χ1v) is 9.74. The lowest BCUT2D eigenvalue weighted by molar-refractivity contribution is 0.0946. The number of para-hydroxylation sites is 1. The minimum Gasteiger partial charge on any atom is -0.496 e. The number of anilines is 2. The molecule has 0 aliphatic carbocycles. The summed E-state index contributed by atoms with van der Waals surface area (Å²) in [5, 5.41) is 7.53. The first-order chi connectivity index (χ1) is 14.5. The van der Waals surface area contributed by atoms with Crippen LogP contribution in [0.2, 0.25) is 5.02 Å². The smallest absolute Gasteiger partial charge is 0.270 e. The lowest BCUT2D eigenvalue weighted by Crippen LogP contribution is -2.24. The molecule has 1 amide bonds. The number of methoxy groups -OCH3 is 1. The molecule has 0 fully saturated rings. The summed E-state index contributed by atoms with van der Waals surface area (Å²) in [5.41, 5.74) is 3.43. The number of carbonyl (C=O) groups is 1. The largest absolute Gasteiger partial charge is 0.496 e. The number of aryl methyl sites for hydroxylation is 1. The van der Waals surface area contributed by atoms with Crippen molar-refractivity contribution in [2.45, 2.75) is 13.5 Å². The lowest BCUT2D eigenvalue weighted by Gasteiger charge is -2.11. The SMILES string of the molecule is COc1ccccc1CNC(=O)c1cc2occc2c(Nc2ccc(C)c(Cl)c2)n1. The van der Waals surface area contributed by atoms with Gasteiger partial charge in [0.1, 0.15) is 22.8 Å². The Morgan fingerprint density at radius 1 is 1.17 bits per heavy atom. The predicted octanol–water partition coefficient (Wildman–Crippen LogP) is 5.47. The van der Waals surface area contributed by atoms with Crippen LogP contribution >= 0.6 is 11.6 Å². The Hall–Kier alpha value is -3.51. The zero-order chi connectivity index (χ0) is 21.1. The molecule has 6 nitrogen and oxygen atoms in total. The summed E-state index contributed by atoms with van der Waals surface area (Å²) in [6, 6.07) is 16.6. The summed E-state index contributed by atoms with van der Waals surface area (Å²) in [4.78, 5) is 17.3. The van der Waals surface area contributed by atoms with E-state index in [9.17, 15) is 4.79 Å². The number of hydrogen-bond acceptors (Lipinski definition) is 5. The molecule has 0 saturated carbocycles. The maximum Gasteiger partial charge on any atom is 0.270 e. The standard InChI is InChI=1S/C23H20ClN3O3/c1-14-7-8-16(11-18(14)24)26-22-17-9-10-30-21(17)12-19(27-22)23(28)25-13-15-5-3-4-6-20(15)29-2/h3-12H,13H2,1-2H3,(H,25,28)(H,26,27). The highest BCUT2D eigenvalue weighted by Gasteiger charge is 2.15. The fourth-order valence-electron chi connectivity index (χ4n) is 3.10. The monoisotopic (exact) mass is 421 g/mol. The second-order valence-corrected chi connectivity index (χ2v) is 7.18. The Labute approximate surface area is 178 Å². The van der Waals surface area contributed by atoms with E-state index in [1.54, 1.807) is 25.5 Å². The minimum atomic E-state index is -0.316. The molecule has 2 aromatic carbocycles. The van der Waals surface area contributed by atoms with Crippen LogP contribution < -0.4 is 15.4 Å². The number of benzene rings is 2. The van der Waals surface area contributed by atoms with Gasteiger partial charge in [0.15, 0.2) is 0 Å². The van der Waals surface area contributed by atoms with E-state index >= 15 is 0 Å². The molecule has 0 spiro atoms. The Morgan fingerprint density at radius 2 is 2.00 bits per heavy atom. The zero-order valence-electron chi connectivity index (χ0n) is 16.5. The molecule has 2 N–H and O–H groups in total. The van der Waals surface area contributed by atoms with Crippen LogP contribution in [-0.2, 0) is 6.54 Å². The first kappa shape index (κ1) is 19.8. The maximum atomic E-state index is 12.8. The third-order valence-corrected chi connectivity index (χ3v) is 5.16. The molecule has 152 valence electrons. The molecule has 0 unspecified atom stereocenters. The summed E-state index contributed by atoms with van der Waals surface area (Å²) in [6.07, 6.45) is 1.57. The number of pyridine rings is 1. The van der Waals surface area contributed by atoms with Crippen LogP contribution in [0.1, 0.15) is 21.6 Å². The quantitative estimate of drug-likeness (QED) is 0.431. The van der Waals surface area contributed by atoms with Crippen molar-refractivity contribution < 1.29 is 13.9 Å². The molecular formula is C23H20ClN3O3. The summed E-state index contributed by atoms with van der Waals surface area (Å²) in [5.74, 6) is 0.915. The Morgan fingerprint density at radius 3 is 2.80 bits per heavy atom. The lowest BCUT2D eigenvalue weighted by atomic mass is 10.2. The molecule has 0 aliphatic heterocycles. The predicted molar refractivity (Wildman–Crippen MR) is 118 cm³/mol. The minimum absolute atomic E-state index is 0.244. The zero-order valence-corrected chi connectivity index (χ0v) is 17.3. The van der Waals surface area contributed by atoms with Gasteiger partial charge in [0.05, 0.1) is 18.8 Å². The van der Waals surface area contributed by atoms with Gasteiger partial charge < -0.3 is 19.8 Å². The summed E-state index contributed by atoms with van der Waals surface area (Å²) < 4.78 is 10.9. The molecule has 0 aliphatic rings. The van der Waals surface area contributed by atoms with Gasteiger partial charge in [-0.3, -0.25) is 4.79 Å². The number of fused-ring (bicyclic) bond motifs is 1. The number of aromatic nitrogens is 1. The second kappa shape index (κ2) is 8.47. The van der Waals surface area contributed by atoms with Gasteiger partial charge in [-0.25, -0.2) is 4.98 Å². The van der Waals surface area contributed by atoms with Crippen molar-refractivity contribution in [1.82, 2.24) is 10.3 Å². The highest BCUT2D eigenvalue weighted by molar-refractivity contribution is 6.31. The van der Waals surface area contributed by atoms with Gasteiger partial charge in [0.25, 0.3) is 5.91 Å². The van der Waals surface area contributed by atoms with E-state index in [1.807, 2.05) is 49.4 Å². The molecular weight excluding hydrogens is 402 g/mol. The number of ether oxygens (including phenoxy) is 1. The molecule has 0 atom stereocenters. The Balaban J connectivity index is 1.60. The van der Waals surface area contributed by atoms with E-state index in [-0.39, 0.29) is 11.6 Å². The number of amides is 1. The normalized spacial score (nSPS) is 10.8. The topological polar surface area (TPSA) is 76.4 Å². The molecule has 0 radical (unpaired) electrons. The molecule has 30 heavy (non-hydrogen) atoms. The van der Waals surface area contributed by atoms with Crippen LogP contribution in [0.5, 0.6) is 5.75 Å². The van der Waals surface area contributed by atoms with Gasteiger partial charge in [-0.1, -0.05) is 35.9 Å². The van der Waals surface area contributed by atoms with E-state index in [4.69, 9.17) is 20.8 Å². The van der Waals surface area contributed by atoms with Crippen molar-refractivity contribution in [3.63, 3.8) is 0 Å². The third kappa shape index (κ3) is 4.09. The summed E-state index contributed by atoms with van der Waals surface area (Å²) in [7, 11) is 1.60. The van der Waals surface area contributed by atoms with Crippen molar-refractivity contribution in [2.24, 2.45) is 0 Å². The van der Waals surface area contributed by atoms with Crippen LogP contribution in [0.3, 0.4) is 0 Å². The molecule has 2 aromatic heterocycles. The highest BCUT2D eigenvalue weighted by atomic mass is 35.5. The second-order valence-electron chi connectivity index (χ2n) is 6.77. The highest BCUT2D eigenvalue weighted by Crippen LogP contribution is 2.28. The van der Waals surface area contributed by atoms with Gasteiger partial charge >= 0.3 is 0 Å². The number of furan rings is 1. The number of nitrogens with one attached hydrogen (secondary N) is 2. The number of carbonyl (C=O) groups excluding carboxylic acids is 1. The number of halogens is 1. The molecule has 0 bridgehead atoms. The fraction of sp³-hybridized carbons (Fsp3) is 0.130. The van der Waals surface area contributed by atoms with Crippen LogP contribution in [0, 0.1) is 6.92 Å². The van der Waals surface area contributed by atoms with Crippen LogP contribution in [0.15, 0.2) is 65.3 Å². The molecule has 2 heterocycles. The van der Waals surface area contributed by atoms with E-state index in [1.165, 1.54) is 0 Å². The Kier molecular flexibility index (Phi) is 5.59. The third-order valence-electron chi connectivity index (χ3n) is 4.75. The van der Waals surface area contributed by atoms with E-state index in [2.05, 4.69) is 15.6 Å². The van der Waals surface area contributed by atoms with E-state index < -0.39 is 0 Å². The number of hydrogen-bond donors (Lipinski definition) is 2. The van der Waals surface area contributed by atoms with Crippen molar-refractivity contribution in [3.05, 3.63) is 82.7 Å². The average Bonchev–Trinajstić information content (AvgIpc) is 3.24. The summed E-state index contributed by atoms with van der Waals surface area (Å²) >= 11 is 6.23. The van der Waals surface area contributed by atoms with Crippen LogP contribution in [0.25, 0.3) is 11.0 Å². The van der Waals surface area contributed by atoms with Gasteiger partial charge in [0.2, 0.25) is 0 Å². The Bertz CT molecular complexity index is 1220. The van der Waals surface area contributed by atoms with Crippen LogP contribution in [-0.4, -0.2) is 18.0 Å². The molecule has 7 heteroatoms. The van der Waals surface area contributed by atoms with Gasteiger partial charge in [-0.05, 0) is 36.8 Å². The fourth-order valence-corrected chi connectivity index (χ4v) is 3.28. The van der Waals surface area contributed by atoms with Gasteiger partial charge in [-0.2, -0.15) is 0 Å². The van der Waals surface area contributed by atoms with E-state index in [0.29, 0.717) is 28.7 Å². The number of rotatable bonds is 6. The van der Waals surface area contributed by atoms with Gasteiger partial charge in [0, 0.05) is 28.9 Å². The van der Waals surface area contributed by atoms with Crippen molar-refractivity contribution in [1.29, 1.82) is 0 Å². The molecule has 0 saturated heterocycles. The molecule has 4 rings (SSSR count). The van der Waals surface area contributed by atoms with Gasteiger partial charge in [-0.15, -0.1) is 0 Å². The van der Waals surface area contributed by atoms with E-state index in [0.717, 1.165) is 22.2 Å². The van der Waals surface area contributed by atoms with Crippen LogP contribution in [0.4, 0.5) is 11.5 Å². The molecule has 4 aromatic rings. The van der Waals surface area contributed by atoms with Crippen molar-refractivity contribution >= 4 is 40.0 Å². The summed E-state index contributed by atoms with van der Waals surface area (Å²) in [6.45, 7) is 2.25. The number of nitrogens with zero attached hydrogens (tertiary/aromatic N) is 1. The van der Waals surface area contributed by atoms with Crippen molar-refractivity contribution in [2.75, 3.05) is 12.4 Å².